The number of ether oxygens (including phenoxy) is 8. The number of carboxylic acid groups (broad SMARTS) is 1. The Morgan fingerprint density at radius 1 is 0.667 bits per heavy atom. The van der Waals surface area contributed by atoms with Gasteiger partial charge in [-0.3, -0.25) is 39.0 Å². The van der Waals surface area contributed by atoms with Gasteiger partial charge in [-0.1, -0.05) is 12.5 Å². The van der Waals surface area contributed by atoms with Crippen LogP contribution in [0.2, 0.25) is 0 Å². The first-order valence-corrected chi connectivity index (χ1v) is 18.9. The predicted molar refractivity (Wildman–Crippen MR) is 197 cm³/mol. The number of fused-ring (bicyclic) bond motifs is 1. The molecule has 1 unspecified atom stereocenters. The van der Waals surface area contributed by atoms with E-state index >= 15 is 0 Å². The minimum Gasteiger partial charge on any atom is -0.480 e. The minimum absolute atomic E-state index is 0.0212. The van der Waals surface area contributed by atoms with Crippen molar-refractivity contribution in [1.82, 2.24) is 15.5 Å². The van der Waals surface area contributed by atoms with Crippen LogP contribution in [0.3, 0.4) is 0 Å². The molecule has 0 saturated carbocycles. The molecule has 1 atom stereocenters. The fourth-order valence-corrected chi connectivity index (χ4v) is 5.46. The summed E-state index contributed by atoms with van der Waals surface area (Å²) in [6, 6.07) is 3.50. The first-order chi connectivity index (χ1) is 27.7. The number of carbonyl (C=O) groups is 7. The number of carboxylic acids is 1. The number of anilines is 1. The van der Waals surface area contributed by atoms with Crippen molar-refractivity contribution in [3.05, 3.63) is 29.3 Å². The Bertz CT molecular complexity index is 1460. The molecule has 57 heavy (non-hydrogen) atoms. The van der Waals surface area contributed by atoms with Crippen LogP contribution in [0.15, 0.2) is 18.2 Å². The molecule has 1 aromatic rings. The molecular formula is C37H54N4O16. The smallest absolute Gasteiger partial charge is 0.329 e. The van der Waals surface area contributed by atoms with Crippen LogP contribution in [0.25, 0.3) is 0 Å². The SMILES string of the molecule is O=C(O)COCC(=O)NCCOCCOCCOCCOCCOCCOCCOCCCCCC(=O)Nc1cccc2c1C(=O)N(C1CCC(=O)NC1=O)C2=O. The number of nitrogens with one attached hydrogen (secondary N) is 3. The summed E-state index contributed by atoms with van der Waals surface area (Å²) >= 11 is 0. The van der Waals surface area contributed by atoms with E-state index in [1.54, 1.807) is 12.1 Å². The molecule has 2 aliphatic heterocycles. The Morgan fingerprint density at radius 2 is 1.23 bits per heavy atom. The van der Waals surface area contributed by atoms with E-state index in [2.05, 4.69) is 20.7 Å². The average Bonchev–Trinajstić information content (AvgIpc) is 3.43. The van der Waals surface area contributed by atoms with Gasteiger partial charge >= 0.3 is 5.97 Å². The zero-order valence-electron chi connectivity index (χ0n) is 32.1. The van der Waals surface area contributed by atoms with Gasteiger partial charge in [0.15, 0.2) is 0 Å². The molecule has 20 nitrogen and oxygen atoms in total. The number of unbranched alkanes of at least 4 members (excludes halogenated alkanes) is 2. The van der Waals surface area contributed by atoms with Crippen molar-refractivity contribution in [2.45, 2.75) is 44.6 Å². The van der Waals surface area contributed by atoms with E-state index in [1.807, 2.05) is 0 Å². The Kier molecular flexibility index (Phi) is 23.1. The van der Waals surface area contributed by atoms with Crippen molar-refractivity contribution >= 4 is 47.1 Å². The molecule has 20 heteroatoms. The zero-order chi connectivity index (χ0) is 41.1. The third-order valence-corrected chi connectivity index (χ3v) is 8.19. The molecule has 1 saturated heterocycles. The van der Waals surface area contributed by atoms with Gasteiger partial charge in [0.25, 0.3) is 11.8 Å². The highest BCUT2D eigenvalue weighted by atomic mass is 16.6. The van der Waals surface area contributed by atoms with E-state index in [-0.39, 0.29) is 55.1 Å². The summed E-state index contributed by atoms with van der Waals surface area (Å²) in [5.41, 5.74) is 0.354. The molecule has 1 fully saturated rings. The monoisotopic (exact) mass is 810 g/mol. The fourth-order valence-electron chi connectivity index (χ4n) is 5.46. The molecule has 2 heterocycles. The van der Waals surface area contributed by atoms with Crippen molar-refractivity contribution in [3.8, 4) is 0 Å². The van der Waals surface area contributed by atoms with Crippen LogP contribution in [0, 0.1) is 0 Å². The summed E-state index contributed by atoms with van der Waals surface area (Å²) in [6.07, 6.45) is 2.39. The van der Waals surface area contributed by atoms with Crippen LogP contribution in [-0.2, 0) is 61.9 Å². The third-order valence-electron chi connectivity index (χ3n) is 8.19. The van der Waals surface area contributed by atoms with Gasteiger partial charge < -0.3 is 53.6 Å². The van der Waals surface area contributed by atoms with Gasteiger partial charge in [0.1, 0.15) is 19.3 Å². The van der Waals surface area contributed by atoms with E-state index in [9.17, 15) is 33.6 Å². The number of aliphatic carboxylic acids is 1. The molecule has 3 rings (SSSR count). The lowest BCUT2D eigenvalue weighted by Crippen LogP contribution is -2.54. The number of amides is 6. The minimum atomic E-state index is -1.14. The van der Waals surface area contributed by atoms with E-state index in [0.717, 1.165) is 17.7 Å². The summed E-state index contributed by atoms with van der Waals surface area (Å²) in [5.74, 6) is -4.31. The van der Waals surface area contributed by atoms with Crippen LogP contribution in [0.4, 0.5) is 5.69 Å². The van der Waals surface area contributed by atoms with Crippen molar-refractivity contribution in [1.29, 1.82) is 0 Å². The summed E-state index contributed by atoms with van der Waals surface area (Å²) in [5, 5.41) is 15.9. The number of hydrogen-bond donors (Lipinski definition) is 4. The van der Waals surface area contributed by atoms with Gasteiger partial charge in [0.2, 0.25) is 23.6 Å². The van der Waals surface area contributed by atoms with Crippen LogP contribution in [-0.4, -0.2) is 170 Å². The number of hydrogen-bond acceptors (Lipinski definition) is 15. The quantitative estimate of drug-likeness (QED) is 0.0535. The number of imide groups is 2. The zero-order valence-corrected chi connectivity index (χ0v) is 32.1. The van der Waals surface area contributed by atoms with Gasteiger partial charge in [-0.15, -0.1) is 0 Å². The Hall–Kier alpha value is -4.41. The number of piperidine rings is 1. The lowest BCUT2D eigenvalue weighted by Gasteiger charge is -2.27. The molecular weight excluding hydrogens is 756 g/mol. The highest BCUT2D eigenvalue weighted by Gasteiger charge is 2.45. The average molecular weight is 811 g/mol. The largest absolute Gasteiger partial charge is 0.480 e. The van der Waals surface area contributed by atoms with Crippen molar-refractivity contribution in [2.75, 3.05) is 118 Å². The third kappa shape index (κ3) is 18.6. The summed E-state index contributed by atoms with van der Waals surface area (Å²) < 4.78 is 42.8. The highest BCUT2D eigenvalue weighted by molar-refractivity contribution is 6.26. The Balaban J connectivity index is 1.04. The van der Waals surface area contributed by atoms with Crippen LogP contribution in [0.5, 0.6) is 0 Å². The standard InChI is InChI=1S/C37H54N4O16/c42-30(39-28-6-4-5-27-34(28)37(49)41(36(27)48)29-8-9-31(43)40-35(29)47)7-2-1-3-11-50-13-15-52-17-19-54-21-23-56-24-22-55-20-18-53-16-14-51-12-10-38-32(44)25-57-26-33(45)46/h4-6,29H,1-3,7-26H2,(H,38,44)(H,39,42)(H,45,46)(H,40,43,47). The maximum Gasteiger partial charge on any atom is 0.329 e. The summed E-state index contributed by atoms with van der Waals surface area (Å²) in [6.45, 7) is 5.22. The lowest BCUT2D eigenvalue weighted by atomic mass is 10.0. The van der Waals surface area contributed by atoms with E-state index in [1.165, 1.54) is 6.07 Å². The second kappa shape index (κ2) is 28.1. The molecule has 0 aliphatic carbocycles. The van der Waals surface area contributed by atoms with Crippen molar-refractivity contribution < 1.29 is 76.6 Å². The second-order valence-electron chi connectivity index (χ2n) is 12.6. The molecule has 0 aromatic heterocycles. The fraction of sp³-hybridized carbons (Fsp3) is 0.649. The summed E-state index contributed by atoms with van der Waals surface area (Å²) in [7, 11) is 0. The number of benzene rings is 1. The van der Waals surface area contributed by atoms with E-state index < -0.39 is 48.2 Å². The Labute approximate surface area is 330 Å². The van der Waals surface area contributed by atoms with Gasteiger partial charge in [0, 0.05) is 26.0 Å². The first kappa shape index (κ1) is 47.0. The molecule has 2 aliphatic rings. The van der Waals surface area contributed by atoms with Gasteiger partial charge in [-0.25, -0.2) is 4.79 Å². The maximum atomic E-state index is 13.2. The molecule has 6 amide bonds. The van der Waals surface area contributed by atoms with Crippen LogP contribution < -0.4 is 16.0 Å². The number of nitrogens with zero attached hydrogens (tertiary/aromatic N) is 1. The van der Waals surface area contributed by atoms with Crippen LogP contribution in [0.1, 0.15) is 59.2 Å². The topological polar surface area (TPSA) is 253 Å². The van der Waals surface area contributed by atoms with Crippen molar-refractivity contribution in [2.24, 2.45) is 0 Å². The Morgan fingerprint density at radius 3 is 1.79 bits per heavy atom. The lowest BCUT2D eigenvalue weighted by molar-refractivity contribution is -0.143. The molecule has 1 aromatic carbocycles. The molecule has 318 valence electrons. The number of rotatable bonds is 33. The highest BCUT2D eigenvalue weighted by Crippen LogP contribution is 2.32. The number of carbonyl (C=O) groups excluding carboxylic acids is 6. The molecule has 0 radical (unpaired) electrons. The van der Waals surface area contributed by atoms with Crippen molar-refractivity contribution in [3.63, 3.8) is 0 Å². The van der Waals surface area contributed by atoms with E-state index in [4.69, 9.17) is 38.3 Å². The van der Waals surface area contributed by atoms with Gasteiger partial charge in [0.05, 0.1) is 103 Å². The van der Waals surface area contributed by atoms with E-state index in [0.29, 0.717) is 98.9 Å². The normalized spacial score (nSPS) is 15.2. The second-order valence-corrected chi connectivity index (χ2v) is 12.6. The van der Waals surface area contributed by atoms with Gasteiger partial charge in [-0.2, -0.15) is 0 Å². The summed E-state index contributed by atoms with van der Waals surface area (Å²) in [4.78, 5) is 85.2. The van der Waals surface area contributed by atoms with Gasteiger partial charge in [-0.05, 0) is 31.4 Å². The molecule has 4 N–H and O–H groups in total. The van der Waals surface area contributed by atoms with Crippen LogP contribution >= 0.6 is 0 Å². The predicted octanol–water partition coefficient (Wildman–Crippen LogP) is -0.0797. The molecule has 0 bridgehead atoms. The molecule has 0 spiro atoms. The maximum absolute atomic E-state index is 13.2. The first-order valence-electron chi connectivity index (χ1n) is 18.9.